The molecule has 33 nitrogen and oxygen atoms in total. The Morgan fingerprint density at radius 2 is 0.814 bits per heavy atom. The van der Waals surface area contributed by atoms with Crippen molar-refractivity contribution in [3.05, 3.63) is 84.1 Å². The van der Waals surface area contributed by atoms with Gasteiger partial charge in [0.05, 0.1) is 58.4 Å². The quantitative estimate of drug-likeness (QED) is 0.0329. The molecule has 0 spiro atoms. The van der Waals surface area contributed by atoms with Crippen LogP contribution in [0.25, 0.3) is 33.5 Å². The molecule has 6 aromatic heterocycles. The Hall–Kier alpha value is -6.52. The van der Waals surface area contributed by atoms with Crippen molar-refractivity contribution in [2.75, 3.05) is 97.6 Å². The lowest BCUT2D eigenvalue weighted by Gasteiger charge is -2.34. The third kappa shape index (κ3) is 18.0. The number of methoxy groups -OCH3 is 3. The van der Waals surface area contributed by atoms with Crippen LogP contribution < -0.4 is 41.9 Å². The smallest absolute Gasteiger partial charge is 0.168 e. The number of hydrogen-bond acceptors (Lipinski definition) is 31. The number of imidazole rings is 3. The first kappa shape index (κ1) is 76.6. The summed E-state index contributed by atoms with van der Waals surface area (Å²) in [6.45, 7) is 9.31. The van der Waals surface area contributed by atoms with E-state index in [2.05, 4.69) is 127 Å². The monoisotopic (exact) mass is 1440 g/mol. The second-order valence-corrected chi connectivity index (χ2v) is 27.5. The Balaban J connectivity index is 0.000000154. The molecule has 14 N–H and O–H groups in total. The number of fused-ring (bicyclic) bond motifs is 3. The van der Waals surface area contributed by atoms with E-state index in [1.807, 2.05) is 6.07 Å². The zero-order valence-electron chi connectivity index (χ0n) is 59.8. The van der Waals surface area contributed by atoms with Gasteiger partial charge in [-0.25, -0.2) is 44.9 Å². The molecule has 4 aliphatic heterocycles. The molecule has 4 saturated heterocycles. The molecule has 13 rings (SSSR count). The molecule has 7 aromatic rings. The number of rotatable bonds is 27. The summed E-state index contributed by atoms with van der Waals surface area (Å²) in [4.78, 5) is 43.8. The van der Waals surface area contributed by atoms with Crippen LogP contribution in [0.3, 0.4) is 0 Å². The molecule has 10 heterocycles. The Morgan fingerprint density at radius 3 is 1.14 bits per heavy atom. The van der Waals surface area contributed by atoms with Gasteiger partial charge < -0.3 is 101 Å². The normalized spacial score (nSPS) is 28.6. The first-order valence-corrected chi connectivity index (χ1v) is 36.7. The van der Waals surface area contributed by atoms with Crippen LogP contribution in [0.15, 0.2) is 61.1 Å². The molecule has 560 valence electrons. The number of piperidine rings is 1. The second-order valence-electron chi connectivity index (χ2n) is 26.8. The topological polar surface area (TPSA) is 407 Å². The highest BCUT2D eigenvalue weighted by atomic mass is 32.2. The van der Waals surface area contributed by atoms with E-state index in [0.717, 1.165) is 83.8 Å². The third-order valence-corrected chi connectivity index (χ3v) is 20.7. The van der Waals surface area contributed by atoms with Crippen molar-refractivity contribution in [3.8, 4) is 0 Å². The van der Waals surface area contributed by atoms with Gasteiger partial charge in [-0.1, -0.05) is 48.4 Å². The molecule has 12 atom stereocenters. The van der Waals surface area contributed by atoms with E-state index < -0.39 is 73.6 Å². The van der Waals surface area contributed by atoms with Crippen LogP contribution >= 0.6 is 11.9 Å². The number of aliphatic hydroxyl groups is 6. The van der Waals surface area contributed by atoms with Crippen molar-refractivity contribution in [1.29, 1.82) is 0 Å². The number of hydrogen-bond donors (Lipinski definition) is 14. The van der Waals surface area contributed by atoms with Gasteiger partial charge in [0.2, 0.25) is 0 Å². The summed E-state index contributed by atoms with van der Waals surface area (Å²) in [6, 6.07) is 12.9. The minimum absolute atomic E-state index is 0.178. The van der Waals surface area contributed by atoms with Crippen molar-refractivity contribution in [1.82, 2.24) is 89.4 Å². The van der Waals surface area contributed by atoms with E-state index in [4.69, 9.17) is 43.4 Å². The van der Waals surface area contributed by atoms with Crippen LogP contribution in [0, 0.1) is 0 Å². The summed E-state index contributed by atoms with van der Waals surface area (Å²) in [5.74, 6) is 3.72. The van der Waals surface area contributed by atoms with Crippen molar-refractivity contribution < 1.29 is 59.1 Å². The summed E-state index contributed by atoms with van der Waals surface area (Å²) in [5, 5.41) is 86.5. The fourth-order valence-electron chi connectivity index (χ4n) is 14.3. The van der Waals surface area contributed by atoms with Crippen molar-refractivity contribution in [2.45, 2.75) is 208 Å². The van der Waals surface area contributed by atoms with Gasteiger partial charge >= 0.3 is 0 Å². The van der Waals surface area contributed by atoms with Gasteiger partial charge in [-0.2, -0.15) is 0 Å². The summed E-state index contributed by atoms with van der Waals surface area (Å²) < 4.78 is 41.4. The zero-order valence-corrected chi connectivity index (χ0v) is 60.6. The van der Waals surface area contributed by atoms with Crippen LogP contribution in [0.4, 0.5) is 17.5 Å². The Bertz CT molecular complexity index is 3780. The molecule has 0 unspecified atom stereocenters. The SMILES string of the molecule is C/C=C(\C)N1CCC(NCc2nc(NC)c3ncn([C@@H]4O[C@H](COC)[C@@H](O)[C@H]4O)c3n2)CC1.CNc1nc(CNC2CCC(NCc3ccccc3)CC2)nc2c1ncn2[C@@H]1O[C@H](COC)[C@@H](O)[C@H]1O.CNc1nc(CNC2CCC(NSC)CC2)nc2c1ncn2[C@@H]1O[C@H](COC)[C@@H](O)[C@H]1O. The van der Waals surface area contributed by atoms with Gasteiger partial charge in [-0.05, 0) is 89.9 Å². The molecular formula is C68H105N21O12S. The largest absolute Gasteiger partial charge is 0.387 e. The average Bonchev–Trinajstić information content (AvgIpc) is 1.62. The average molecular weight is 1440 g/mol. The predicted octanol–water partition coefficient (Wildman–Crippen LogP) is 2.34. The number of nitrogens with one attached hydrogen (secondary N) is 8. The van der Waals surface area contributed by atoms with Gasteiger partial charge in [-0.15, -0.1) is 0 Å². The summed E-state index contributed by atoms with van der Waals surface area (Å²) >= 11 is 1.68. The van der Waals surface area contributed by atoms with Crippen LogP contribution in [0.5, 0.6) is 0 Å². The maximum Gasteiger partial charge on any atom is 0.168 e. The molecule has 6 fully saturated rings. The molecule has 2 aliphatic carbocycles. The lowest BCUT2D eigenvalue weighted by Crippen LogP contribution is -2.41. The number of aromatic nitrogens is 12. The van der Waals surface area contributed by atoms with E-state index in [-0.39, 0.29) is 19.8 Å². The van der Waals surface area contributed by atoms with Gasteiger partial charge in [-0.3, -0.25) is 18.4 Å². The third-order valence-electron chi connectivity index (χ3n) is 20.2. The highest BCUT2D eigenvalue weighted by molar-refractivity contribution is 7.96. The zero-order chi connectivity index (χ0) is 72.0. The van der Waals surface area contributed by atoms with Gasteiger partial charge in [0.25, 0.3) is 0 Å². The van der Waals surface area contributed by atoms with Crippen molar-refractivity contribution in [3.63, 3.8) is 0 Å². The lowest BCUT2D eigenvalue weighted by molar-refractivity contribution is -0.0580. The second kappa shape index (κ2) is 36.5. The minimum Gasteiger partial charge on any atom is -0.387 e. The molecule has 6 aliphatic rings. The first-order chi connectivity index (χ1) is 49.6. The molecule has 102 heavy (non-hydrogen) atoms. The summed E-state index contributed by atoms with van der Waals surface area (Å²) in [7, 11) is 9.95. The molecule has 0 bridgehead atoms. The van der Waals surface area contributed by atoms with E-state index in [0.29, 0.717) is 118 Å². The maximum atomic E-state index is 10.6. The van der Waals surface area contributed by atoms with Crippen LogP contribution in [0.2, 0.25) is 0 Å². The van der Waals surface area contributed by atoms with Crippen LogP contribution in [0.1, 0.15) is 120 Å². The van der Waals surface area contributed by atoms with Crippen LogP contribution in [-0.4, -0.2) is 261 Å². The molecule has 2 saturated carbocycles. The van der Waals surface area contributed by atoms with Crippen LogP contribution in [-0.2, 0) is 54.6 Å². The summed E-state index contributed by atoms with van der Waals surface area (Å²) in [5.41, 5.74) is 6.01. The number of likely N-dealkylation sites (tertiary alicyclic amines) is 1. The standard InChI is InChI=1S/C26H37N7O4.C22H35N7O4.C20H33N7O4S/c1-27-24-21-25(33(15-30-21)26-23(35)22(34)19(37-26)14-36-2)32-20(31-24)13-29-18-10-8-17(9-11-18)28-12-16-6-4-3-5-7-16;1-5-13(2)28-8-6-14(7-9-28)24-10-16-26-20(23-3)17-21(27-16)29(12-25-17)22-19(31)18(30)15(33-22)11-32-4;1-21-18-15-19(27(10-23-15)20-17(29)16(28)13(31-20)9-30-2)25-14(24-18)8-22-11-4-6-12(7-5-11)26-32-3/h3-7,15,17-19,22-23,26,28-29,34-35H,8-14H2,1-2H3,(H,27,31,32);5,12,14-15,18-19,22,24,30-31H,6-11H2,1-4H3,(H,23,26,27);10-13,16-17,20,22,26,28-29H,4-9H2,1-3H3,(H,21,24,25)/b;13-5+;/t17?,18?,19-,22-,23-,26-;15-,18-,19-,22-;11?,12?,13-,16-,17-,20-/m111/s1. The molecule has 0 amide bonds. The highest BCUT2D eigenvalue weighted by Gasteiger charge is 2.47. The number of anilines is 3. The van der Waals surface area contributed by atoms with Gasteiger partial charge in [0, 0.05) is 98.0 Å². The molecular weight excluding hydrogens is 1330 g/mol. The van der Waals surface area contributed by atoms with E-state index in [1.165, 1.54) is 32.6 Å². The summed E-state index contributed by atoms with van der Waals surface area (Å²) in [6.07, 6.45) is 9.10. The number of ether oxygens (including phenoxy) is 6. The van der Waals surface area contributed by atoms with E-state index in [9.17, 15) is 30.6 Å². The minimum atomic E-state index is -1.13. The number of aliphatic hydroxyl groups excluding tert-OH is 6. The van der Waals surface area contributed by atoms with Gasteiger partial charge in [0.1, 0.15) is 72.4 Å². The Morgan fingerprint density at radius 1 is 0.480 bits per heavy atom. The Kier molecular flexibility index (Phi) is 27.4. The van der Waals surface area contributed by atoms with E-state index in [1.54, 1.807) is 65.8 Å². The molecule has 1 aromatic carbocycles. The highest BCUT2D eigenvalue weighted by Crippen LogP contribution is 2.37. The fraction of sp³-hybridized carbons (Fsp3) is 0.662. The molecule has 0 radical (unpaired) electrons. The number of allylic oxidation sites excluding steroid dienone is 2. The maximum absolute atomic E-state index is 10.6. The molecule has 34 heteroatoms. The van der Waals surface area contributed by atoms with Gasteiger partial charge in [0.15, 0.2) is 69.6 Å². The number of nitrogens with zero attached hydrogens (tertiary/aromatic N) is 13. The number of benzene rings is 1. The van der Waals surface area contributed by atoms with Crippen molar-refractivity contribution in [2.24, 2.45) is 0 Å². The Labute approximate surface area is 598 Å². The fourth-order valence-corrected chi connectivity index (χ4v) is 14.8. The predicted molar refractivity (Wildman–Crippen MR) is 385 cm³/mol. The first-order valence-electron chi connectivity index (χ1n) is 35.5. The van der Waals surface area contributed by atoms with E-state index >= 15 is 0 Å². The lowest BCUT2D eigenvalue weighted by atomic mass is 9.91. The van der Waals surface area contributed by atoms with Crippen molar-refractivity contribution >= 4 is 62.9 Å².